The van der Waals surface area contributed by atoms with E-state index in [1.54, 1.807) is 18.2 Å². The summed E-state index contributed by atoms with van der Waals surface area (Å²) in [4.78, 5) is 37.3. The van der Waals surface area contributed by atoms with Gasteiger partial charge in [-0.3, -0.25) is 9.69 Å². The predicted octanol–water partition coefficient (Wildman–Crippen LogP) is 2.71. The Balaban J connectivity index is 1.82. The molecule has 2 aromatic rings. The molecule has 2 heterocycles. The highest BCUT2D eigenvalue weighted by Gasteiger charge is 2.34. The van der Waals surface area contributed by atoms with Crippen molar-refractivity contribution in [1.82, 2.24) is 10.2 Å². The minimum absolute atomic E-state index is 0.00109. The summed E-state index contributed by atoms with van der Waals surface area (Å²) in [6, 6.07) is 8.73. The fourth-order valence-corrected chi connectivity index (χ4v) is 2.75. The molecule has 0 unspecified atom stereocenters. The number of urea groups is 1. The van der Waals surface area contributed by atoms with E-state index in [1.165, 1.54) is 25.3 Å². The Labute approximate surface area is 170 Å². The molecule has 10 heteroatoms. The van der Waals surface area contributed by atoms with Crippen LogP contribution in [0.3, 0.4) is 0 Å². The van der Waals surface area contributed by atoms with Crippen LogP contribution in [0.2, 0.25) is 5.02 Å². The number of carbonyl (C=O) groups is 3. The summed E-state index contributed by atoms with van der Waals surface area (Å²) < 4.78 is 15.2. The molecule has 1 aromatic carbocycles. The van der Waals surface area contributed by atoms with Gasteiger partial charge in [-0.15, -0.1) is 0 Å². The lowest BCUT2D eigenvalue weighted by molar-refractivity contribution is -0.123. The van der Waals surface area contributed by atoms with Crippen molar-refractivity contribution in [2.24, 2.45) is 0 Å². The standard InChI is InChI=1S/C19H14ClN3O6/c1-27-18(25)16-5-3-13(29-16)10-23-17(24)14(22-19(23)26)9-11-8-12(20)2-4-15(11)28-7-6-21/h2-5,8-9H,7,10H2,1H3,(H,22,26). The van der Waals surface area contributed by atoms with Gasteiger partial charge >= 0.3 is 12.0 Å². The van der Waals surface area contributed by atoms with Gasteiger partial charge in [0.05, 0.1) is 13.7 Å². The second-order valence-corrected chi connectivity index (χ2v) is 6.20. The summed E-state index contributed by atoms with van der Waals surface area (Å²) in [5.41, 5.74) is 0.419. The van der Waals surface area contributed by atoms with Crippen LogP contribution in [0, 0.1) is 11.3 Å². The van der Waals surface area contributed by atoms with E-state index in [-0.39, 0.29) is 30.4 Å². The molecule has 3 rings (SSSR count). The Kier molecular flexibility index (Phi) is 5.85. The SMILES string of the molecule is COC(=O)c1ccc(CN2C(=O)NC(=Cc3cc(Cl)ccc3OCC#N)C2=O)o1. The van der Waals surface area contributed by atoms with Gasteiger partial charge in [0.2, 0.25) is 5.76 Å². The third-order valence-electron chi connectivity index (χ3n) is 3.89. The van der Waals surface area contributed by atoms with E-state index < -0.39 is 17.9 Å². The van der Waals surface area contributed by atoms with Gasteiger partial charge in [-0.2, -0.15) is 5.26 Å². The highest BCUT2D eigenvalue weighted by atomic mass is 35.5. The highest BCUT2D eigenvalue weighted by Crippen LogP contribution is 2.27. The molecule has 1 saturated heterocycles. The smallest absolute Gasteiger partial charge is 0.373 e. The number of imide groups is 1. The molecular formula is C19H14ClN3O6. The molecule has 9 nitrogen and oxygen atoms in total. The van der Waals surface area contributed by atoms with Crippen LogP contribution in [0.15, 0.2) is 40.4 Å². The molecule has 0 atom stereocenters. The molecule has 1 aliphatic heterocycles. The lowest BCUT2D eigenvalue weighted by atomic mass is 10.1. The largest absolute Gasteiger partial charge is 0.478 e. The molecule has 0 aliphatic carbocycles. The van der Waals surface area contributed by atoms with Crippen molar-refractivity contribution in [3.63, 3.8) is 0 Å². The first kappa shape index (κ1) is 20.0. The minimum atomic E-state index is -0.667. The number of rotatable bonds is 6. The van der Waals surface area contributed by atoms with E-state index in [1.807, 2.05) is 6.07 Å². The van der Waals surface area contributed by atoms with E-state index in [2.05, 4.69) is 10.1 Å². The van der Waals surface area contributed by atoms with Crippen molar-refractivity contribution in [2.45, 2.75) is 6.54 Å². The Hall–Kier alpha value is -3.77. The summed E-state index contributed by atoms with van der Waals surface area (Å²) in [7, 11) is 1.21. The number of nitriles is 1. The molecule has 1 aliphatic rings. The lowest BCUT2D eigenvalue weighted by Gasteiger charge is -2.09. The zero-order chi connectivity index (χ0) is 21.0. The second kappa shape index (κ2) is 8.50. The number of esters is 1. The number of nitrogens with zero attached hydrogens (tertiary/aromatic N) is 2. The van der Waals surface area contributed by atoms with E-state index in [0.29, 0.717) is 16.3 Å². The van der Waals surface area contributed by atoms with Crippen LogP contribution in [-0.4, -0.2) is 36.5 Å². The van der Waals surface area contributed by atoms with Gasteiger partial charge in [0.15, 0.2) is 6.61 Å². The molecule has 3 amide bonds. The Morgan fingerprint density at radius 3 is 2.86 bits per heavy atom. The Morgan fingerprint density at radius 1 is 1.34 bits per heavy atom. The molecule has 1 fully saturated rings. The van der Waals surface area contributed by atoms with Gasteiger partial charge in [0.25, 0.3) is 5.91 Å². The predicted molar refractivity (Wildman–Crippen MR) is 99.7 cm³/mol. The van der Waals surface area contributed by atoms with Gasteiger partial charge in [-0.1, -0.05) is 11.6 Å². The van der Waals surface area contributed by atoms with Crippen LogP contribution >= 0.6 is 11.6 Å². The molecular weight excluding hydrogens is 402 g/mol. The lowest BCUT2D eigenvalue weighted by Crippen LogP contribution is -2.30. The summed E-state index contributed by atoms with van der Waals surface area (Å²) >= 11 is 5.99. The van der Waals surface area contributed by atoms with Crippen LogP contribution < -0.4 is 10.1 Å². The fraction of sp³-hybridized carbons (Fsp3) is 0.158. The molecule has 1 N–H and O–H groups in total. The van der Waals surface area contributed by atoms with E-state index in [9.17, 15) is 14.4 Å². The Bertz CT molecular complexity index is 1050. The molecule has 148 valence electrons. The molecule has 0 radical (unpaired) electrons. The number of benzene rings is 1. The quantitative estimate of drug-likeness (QED) is 0.437. The van der Waals surface area contributed by atoms with Gasteiger partial charge < -0.3 is 19.2 Å². The van der Waals surface area contributed by atoms with Crippen LogP contribution in [0.4, 0.5) is 4.79 Å². The fourth-order valence-electron chi connectivity index (χ4n) is 2.57. The number of carbonyl (C=O) groups excluding carboxylic acids is 3. The summed E-state index contributed by atoms with van der Waals surface area (Å²) in [5, 5.41) is 11.5. The minimum Gasteiger partial charge on any atom is -0.478 e. The van der Waals surface area contributed by atoms with Crippen molar-refractivity contribution in [3.8, 4) is 11.8 Å². The van der Waals surface area contributed by atoms with E-state index in [4.69, 9.17) is 26.0 Å². The maximum Gasteiger partial charge on any atom is 0.373 e. The second-order valence-electron chi connectivity index (χ2n) is 5.77. The summed E-state index contributed by atoms with van der Waals surface area (Å²) in [5.74, 6) is -0.741. The highest BCUT2D eigenvalue weighted by molar-refractivity contribution is 6.30. The summed E-state index contributed by atoms with van der Waals surface area (Å²) in [6.07, 6.45) is 1.40. The zero-order valence-corrected chi connectivity index (χ0v) is 15.9. The monoisotopic (exact) mass is 415 g/mol. The van der Waals surface area contributed by atoms with Crippen molar-refractivity contribution in [2.75, 3.05) is 13.7 Å². The number of ether oxygens (including phenoxy) is 2. The number of furan rings is 1. The number of halogens is 1. The van der Waals surface area contributed by atoms with Gasteiger partial charge in [0, 0.05) is 10.6 Å². The van der Waals surface area contributed by atoms with Gasteiger partial charge in [-0.25, -0.2) is 9.59 Å². The van der Waals surface area contributed by atoms with E-state index >= 15 is 0 Å². The molecule has 0 saturated carbocycles. The number of nitrogens with one attached hydrogen (secondary N) is 1. The van der Waals surface area contributed by atoms with Crippen molar-refractivity contribution < 1.29 is 28.3 Å². The maximum absolute atomic E-state index is 12.6. The van der Waals surface area contributed by atoms with Gasteiger partial charge in [0.1, 0.15) is 23.3 Å². The third-order valence-corrected chi connectivity index (χ3v) is 4.12. The molecule has 1 aromatic heterocycles. The first-order valence-electron chi connectivity index (χ1n) is 8.23. The first-order chi connectivity index (χ1) is 13.9. The summed E-state index contributed by atoms with van der Waals surface area (Å²) in [6.45, 7) is -0.363. The number of methoxy groups -OCH3 is 1. The van der Waals surface area contributed by atoms with Crippen LogP contribution in [0.5, 0.6) is 5.75 Å². The van der Waals surface area contributed by atoms with Gasteiger partial charge in [-0.05, 0) is 36.4 Å². The first-order valence-corrected chi connectivity index (χ1v) is 8.61. The van der Waals surface area contributed by atoms with Crippen LogP contribution in [0.25, 0.3) is 6.08 Å². The van der Waals surface area contributed by atoms with Crippen molar-refractivity contribution >= 4 is 35.6 Å². The number of hydrogen-bond donors (Lipinski definition) is 1. The normalized spacial score (nSPS) is 14.7. The number of hydrogen-bond acceptors (Lipinski definition) is 7. The number of amides is 3. The molecule has 29 heavy (non-hydrogen) atoms. The molecule has 0 bridgehead atoms. The topological polar surface area (TPSA) is 122 Å². The van der Waals surface area contributed by atoms with Crippen molar-refractivity contribution in [1.29, 1.82) is 5.26 Å². The zero-order valence-electron chi connectivity index (χ0n) is 15.1. The average Bonchev–Trinajstić information content (AvgIpc) is 3.27. The maximum atomic E-state index is 12.6. The van der Waals surface area contributed by atoms with Crippen LogP contribution in [0.1, 0.15) is 21.9 Å². The van der Waals surface area contributed by atoms with Crippen molar-refractivity contribution in [3.05, 3.63) is 58.1 Å². The Morgan fingerprint density at radius 2 is 2.14 bits per heavy atom. The average molecular weight is 416 g/mol. The van der Waals surface area contributed by atoms with Crippen LogP contribution in [-0.2, 0) is 16.1 Å². The van der Waals surface area contributed by atoms with E-state index in [0.717, 1.165) is 4.90 Å². The third kappa shape index (κ3) is 4.39. The molecule has 0 spiro atoms.